The fourth-order valence-corrected chi connectivity index (χ4v) is 6.73. The second-order valence-electron chi connectivity index (χ2n) is 16.0. The van der Waals surface area contributed by atoms with Gasteiger partial charge in [0.25, 0.3) is 0 Å². The Hall–Kier alpha value is -2.63. The van der Waals surface area contributed by atoms with Crippen molar-refractivity contribution in [3.8, 4) is 0 Å². The minimum absolute atomic E-state index is 0.102. The van der Waals surface area contributed by atoms with Gasteiger partial charge in [0.15, 0.2) is 6.10 Å². The van der Waals surface area contributed by atoms with E-state index in [0.29, 0.717) is 12.8 Å². The zero-order valence-corrected chi connectivity index (χ0v) is 37.6. The van der Waals surface area contributed by atoms with E-state index in [9.17, 15) is 14.4 Å². The van der Waals surface area contributed by atoms with Crippen molar-refractivity contribution in [1.82, 2.24) is 0 Å². The summed E-state index contributed by atoms with van der Waals surface area (Å²) in [4.78, 5) is 37.7. The number of carbonyl (C=O) groups is 3. The first-order chi connectivity index (χ1) is 28.0. The first kappa shape index (κ1) is 54.4. The molecule has 1 atom stereocenters. The summed E-state index contributed by atoms with van der Waals surface area (Å²) in [6.07, 6.45) is 54.2. The number of unbranched alkanes of at least 4 members (excludes halogenated alkanes) is 25. The second kappa shape index (κ2) is 46.1. The molecule has 0 aliphatic rings. The molecule has 0 N–H and O–H groups in total. The van der Waals surface area contributed by atoms with Gasteiger partial charge in [0, 0.05) is 12.8 Å². The van der Waals surface area contributed by atoms with Crippen molar-refractivity contribution in [2.24, 2.45) is 0 Å². The Labute approximate surface area is 352 Å². The summed E-state index contributed by atoms with van der Waals surface area (Å²) in [5.74, 6) is -1.04. The Kier molecular flexibility index (Phi) is 43.9. The maximum atomic E-state index is 12.7. The SMILES string of the molecule is CC/C=C\C/C=C\C/C=C\CC(=O)OCC(COC(=O)CCCCCCC/C=C\CCCCCCCCC)OC(=O)CCCCCCCCCCCCCCCC. The number of carbonyl (C=O) groups excluding carboxylic acids is 3. The van der Waals surface area contributed by atoms with Gasteiger partial charge in [-0.25, -0.2) is 0 Å². The maximum Gasteiger partial charge on any atom is 0.309 e. The molecule has 57 heavy (non-hydrogen) atoms. The van der Waals surface area contributed by atoms with Crippen LogP contribution in [-0.2, 0) is 28.6 Å². The van der Waals surface area contributed by atoms with Crippen LogP contribution in [-0.4, -0.2) is 37.2 Å². The van der Waals surface area contributed by atoms with Gasteiger partial charge in [0.1, 0.15) is 13.2 Å². The molecule has 6 heteroatoms. The average Bonchev–Trinajstić information content (AvgIpc) is 3.21. The second-order valence-corrected chi connectivity index (χ2v) is 16.0. The monoisotopic (exact) mass is 799 g/mol. The molecule has 0 rings (SSSR count). The Morgan fingerprint density at radius 2 is 0.754 bits per heavy atom. The highest BCUT2D eigenvalue weighted by Gasteiger charge is 2.19. The number of hydrogen-bond acceptors (Lipinski definition) is 6. The molecule has 0 aliphatic heterocycles. The zero-order valence-electron chi connectivity index (χ0n) is 37.6. The third-order valence-electron chi connectivity index (χ3n) is 10.4. The molecule has 0 spiro atoms. The van der Waals surface area contributed by atoms with Gasteiger partial charge in [0.2, 0.25) is 0 Å². The van der Waals surface area contributed by atoms with Crippen LogP contribution in [0.15, 0.2) is 48.6 Å². The number of ether oxygens (including phenoxy) is 3. The number of esters is 3. The lowest BCUT2D eigenvalue weighted by Gasteiger charge is -2.18. The smallest absolute Gasteiger partial charge is 0.309 e. The van der Waals surface area contributed by atoms with E-state index < -0.39 is 12.1 Å². The average molecular weight is 799 g/mol. The van der Waals surface area contributed by atoms with E-state index in [4.69, 9.17) is 14.2 Å². The van der Waals surface area contributed by atoms with E-state index in [1.165, 1.54) is 135 Å². The highest BCUT2D eigenvalue weighted by molar-refractivity contribution is 5.72. The van der Waals surface area contributed by atoms with Crippen LogP contribution < -0.4 is 0 Å². The topological polar surface area (TPSA) is 78.9 Å². The number of rotatable bonds is 43. The fraction of sp³-hybridized carbons (Fsp3) is 0.784. The van der Waals surface area contributed by atoms with E-state index in [1.807, 2.05) is 6.08 Å². The summed E-state index contributed by atoms with van der Waals surface area (Å²) in [6.45, 7) is 6.42. The molecule has 0 bridgehead atoms. The summed E-state index contributed by atoms with van der Waals surface area (Å²) >= 11 is 0. The standard InChI is InChI=1S/C51H90O6/c1-4-7-10-13-16-19-21-23-25-26-28-29-32-35-38-41-44-50(53)56-47-48(46-55-49(52)43-40-37-34-31-18-15-12-9-6-3)57-51(54)45-42-39-36-33-30-27-24-22-20-17-14-11-8-5-2/h9,12,18,25-26,31,37,40,48H,4-8,10-11,13-17,19-24,27-30,32-36,38-39,41-47H2,1-3H3/b12-9-,26-25-,31-18-,40-37-. The molecule has 0 aromatic heterocycles. The van der Waals surface area contributed by atoms with Gasteiger partial charge in [-0.3, -0.25) is 14.4 Å². The van der Waals surface area contributed by atoms with Crippen LogP contribution in [0, 0.1) is 0 Å². The van der Waals surface area contributed by atoms with Crippen LogP contribution in [0.25, 0.3) is 0 Å². The van der Waals surface area contributed by atoms with Crippen LogP contribution >= 0.6 is 0 Å². The molecule has 0 aromatic carbocycles. The Morgan fingerprint density at radius 1 is 0.386 bits per heavy atom. The Bertz CT molecular complexity index is 1010. The minimum atomic E-state index is -0.806. The molecular weight excluding hydrogens is 709 g/mol. The molecule has 1 unspecified atom stereocenters. The molecule has 0 saturated carbocycles. The van der Waals surface area contributed by atoms with Crippen molar-refractivity contribution in [3.63, 3.8) is 0 Å². The van der Waals surface area contributed by atoms with Crippen LogP contribution in [0.4, 0.5) is 0 Å². The fourth-order valence-electron chi connectivity index (χ4n) is 6.73. The van der Waals surface area contributed by atoms with Crippen molar-refractivity contribution in [2.75, 3.05) is 13.2 Å². The maximum absolute atomic E-state index is 12.7. The summed E-state index contributed by atoms with van der Waals surface area (Å²) in [5.41, 5.74) is 0. The summed E-state index contributed by atoms with van der Waals surface area (Å²) in [6, 6.07) is 0. The van der Waals surface area contributed by atoms with Crippen molar-refractivity contribution < 1.29 is 28.6 Å². The molecule has 0 aliphatic carbocycles. The number of hydrogen-bond donors (Lipinski definition) is 0. The van der Waals surface area contributed by atoms with Crippen molar-refractivity contribution >= 4 is 17.9 Å². The van der Waals surface area contributed by atoms with Crippen LogP contribution in [0.5, 0.6) is 0 Å². The van der Waals surface area contributed by atoms with E-state index >= 15 is 0 Å². The van der Waals surface area contributed by atoms with Gasteiger partial charge in [-0.1, -0.05) is 211 Å². The highest BCUT2D eigenvalue weighted by atomic mass is 16.6. The lowest BCUT2D eigenvalue weighted by atomic mass is 10.0. The predicted molar refractivity (Wildman–Crippen MR) is 242 cm³/mol. The largest absolute Gasteiger partial charge is 0.462 e. The first-order valence-corrected chi connectivity index (χ1v) is 24.1. The van der Waals surface area contributed by atoms with Gasteiger partial charge in [-0.15, -0.1) is 0 Å². The molecule has 330 valence electrons. The first-order valence-electron chi connectivity index (χ1n) is 24.1. The van der Waals surface area contributed by atoms with Gasteiger partial charge in [0.05, 0.1) is 6.42 Å². The van der Waals surface area contributed by atoms with Crippen LogP contribution in [0.3, 0.4) is 0 Å². The molecule has 0 heterocycles. The Balaban J connectivity index is 4.38. The van der Waals surface area contributed by atoms with Crippen LogP contribution in [0.1, 0.15) is 239 Å². The van der Waals surface area contributed by atoms with Crippen molar-refractivity contribution in [1.29, 1.82) is 0 Å². The molecule has 0 fully saturated rings. The van der Waals surface area contributed by atoms with Gasteiger partial charge in [-0.2, -0.15) is 0 Å². The summed E-state index contributed by atoms with van der Waals surface area (Å²) in [7, 11) is 0. The van der Waals surface area contributed by atoms with E-state index in [-0.39, 0.29) is 31.6 Å². The van der Waals surface area contributed by atoms with Crippen molar-refractivity contribution in [3.05, 3.63) is 48.6 Å². The molecule has 6 nitrogen and oxygen atoms in total. The Morgan fingerprint density at radius 3 is 1.21 bits per heavy atom. The van der Waals surface area contributed by atoms with Gasteiger partial charge in [-0.05, 0) is 57.8 Å². The van der Waals surface area contributed by atoms with Crippen LogP contribution in [0.2, 0.25) is 0 Å². The molecule has 0 saturated heterocycles. The number of allylic oxidation sites excluding steroid dienone is 7. The minimum Gasteiger partial charge on any atom is -0.462 e. The molecule has 0 aromatic rings. The van der Waals surface area contributed by atoms with E-state index in [1.54, 1.807) is 6.08 Å². The molecular formula is C51H90O6. The normalized spacial score (nSPS) is 12.4. The lowest BCUT2D eigenvalue weighted by Crippen LogP contribution is -2.30. The summed E-state index contributed by atoms with van der Waals surface area (Å²) in [5, 5.41) is 0. The zero-order chi connectivity index (χ0) is 41.5. The quantitative estimate of drug-likeness (QED) is 0.0265. The van der Waals surface area contributed by atoms with E-state index in [0.717, 1.165) is 64.2 Å². The van der Waals surface area contributed by atoms with Crippen molar-refractivity contribution in [2.45, 2.75) is 245 Å². The van der Waals surface area contributed by atoms with Gasteiger partial charge < -0.3 is 14.2 Å². The highest BCUT2D eigenvalue weighted by Crippen LogP contribution is 2.15. The molecule has 0 amide bonds. The third kappa shape index (κ3) is 44.3. The summed E-state index contributed by atoms with van der Waals surface area (Å²) < 4.78 is 16.6. The predicted octanol–water partition coefficient (Wildman–Crippen LogP) is 15.5. The van der Waals surface area contributed by atoms with E-state index in [2.05, 4.69) is 57.2 Å². The lowest BCUT2D eigenvalue weighted by molar-refractivity contribution is -0.166. The molecule has 0 radical (unpaired) electrons. The third-order valence-corrected chi connectivity index (χ3v) is 10.4. The van der Waals surface area contributed by atoms with Gasteiger partial charge >= 0.3 is 17.9 Å².